The van der Waals surface area contributed by atoms with Crippen molar-refractivity contribution in [2.75, 3.05) is 31.1 Å². The summed E-state index contributed by atoms with van der Waals surface area (Å²) in [6.45, 7) is 3.56. The third-order valence-corrected chi connectivity index (χ3v) is 5.05. The van der Waals surface area contributed by atoms with Crippen molar-refractivity contribution in [2.24, 2.45) is 0 Å². The number of H-pyrrole nitrogens is 1. The highest BCUT2D eigenvalue weighted by Crippen LogP contribution is 2.28. The minimum Gasteiger partial charge on any atom is -0.441 e. The van der Waals surface area contributed by atoms with E-state index in [-0.39, 0.29) is 11.6 Å². The van der Waals surface area contributed by atoms with Crippen LogP contribution >= 0.6 is 0 Å². The summed E-state index contributed by atoms with van der Waals surface area (Å²) in [7, 11) is 0. The molecule has 0 spiro atoms. The number of amides is 1. The zero-order valence-electron chi connectivity index (χ0n) is 16.2. The fraction of sp³-hybridized carbons (Fsp3) is 0.286. The molecule has 1 aliphatic rings. The van der Waals surface area contributed by atoms with Crippen LogP contribution in [0.15, 0.2) is 53.1 Å². The highest BCUT2D eigenvalue weighted by atomic mass is 19.4. The van der Waals surface area contributed by atoms with E-state index in [1.54, 1.807) is 11.8 Å². The van der Waals surface area contributed by atoms with Crippen molar-refractivity contribution in [3.63, 3.8) is 0 Å². The molecule has 3 aromatic rings. The SMILES string of the molecule is Cc1oc(-c2ccccc2)nc1C(=O)N1CCN(c2ccc(C(F)(F)F)c[nH+]2)CC1. The van der Waals surface area contributed by atoms with Crippen LogP contribution in [0.25, 0.3) is 11.5 Å². The molecule has 0 radical (unpaired) electrons. The fourth-order valence-corrected chi connectivity index (χ4v) is 3.39. The van der Waals surface area contributed by atoms with Crippen LogP contribution in [0.2, 0.25) is 0 Å². The van der Waals surface area contributed by atoms with Crippen molar-refractivity contribution in [1.29, 1.82) is 0 Å². The van der Waals surface area contributed by atoms with Crippen LogP contribution in [0, 0.1) is 6.92 Å². The molecule has 0 unspecified atom stereocenters. The third-order valence-electron chi connectivity index (χ3n) is 5.05. The lowest BCUT2D eigenvalue weighted by Crippen LogP contribution is -2.50. The smallest absolute Gasteiger partial charge is 0.419 e. The summed E-state index contributed by atoms with van der Waals surface area (Å²) in [4.78, 5) is 23.6. The quantitative estimate of drug-likeness (QED) is 0.655. The predicted molar refractivity (Wildman–Crippen MR) is 103 cm³/mol. The van der Waals surface area contributed by atoms with E-state index in [0.29, 0.717) is 43.6 Å². The second kappa shape index (κ2) is 7.81. The molecule has 0 atom stereocenters. The number of aryl methyl sites for hydroxylation is 1. The van der Waals surface area contributed by atoms with Gasteiger partial charge in [0.15, 0.2) is 5.69 Å². The zero-order chi connectivity index (χ0) is 21.3. The molecule has 0 saturated carbocycles. The normalized spacial score (nSPS) is 14.8. The maximum atomic E-state index is 12.9. The molecule has 1 N–H and O–H groups in total. The summed E-state index contributed by atoms with van der Waals surface area (Å²) >= 11 is 0. The summed E-state index contributed by atoms with van der Waals surface area (Å²) in [6, 6.07) is 11.8. The number of halogens is 3. The summed E-state index contributed by atoms with van der Waals surface area (Å²) in [6.07, 6.45) is -3.43. The molecule has 9 heteroatoms. The Kier molecular flexibility index (Phi) is 5.19. The minimum atomic E-state index is -4.38. The van der Waals surface area contributed by atoms with E-state index in [2.05, 4.69) is 9.97 Å². The summed E-state index contributed by atoms with van der Waals surface area (Å²) < 4.78 is 43.8. The molecule has 1 aliphatic heterocycles. The first-order valence-corrected chi connectivity index (χ1v) is 9.49. The van der Waals surface area contributed by atoms with Crippen molar-refractivity contribution < 1.29 is 27.4 Å². The number of nitrogens with one attached hydrogen (secondary N) is 1. The Hall–Kier alpha value is -3.36. The first kappa shape index (κ1) is 19.9. The van der Waals surface area contributed by atoms with Crippen molar-refractivity contribution in [2.45, 2.75) is 13.1 Å². The standard InChI is InChI=1S/C21H19F3N4O2/c1-14-18(26-19(30-14)15-5-3-2-4-6-15)20(29)28-11-9-27(10-12-28)17-8-7-16(13-25-17)21(22,23)24/h2-8,13H,9-12H2,1H3/p+1. The molecular formula is C21H20F3N4O2+. The lowest BCUT2D eigenvalue weighted by molar-refractivity contribution is -0.367. The number of aromatic amines is 1. The fourth-order valence-electron chi connectivity index (χ4n) is 3.39. The molecule has 0 aliphatic carbocycles. The van der Waals surface area contributed by atoms with Crippen LogP contribution in [0.3, 0.4) is 0 Å². The van der Waals surface area contributed by atoms with Gasteiger partial charge in [-0.1, -0.05) is 18.2 Å². The highest BCUT2D eigenvalue weighted by Gasteiger charge is 2.33. The Morgan fingerprint density at radius 1 is 1.07 bits per heavy atom. The first-order chi connectivity index (χ1) is 14.3. The number of alkyl halides is 3. The zero-order valence-corrected chi connectivity index (χ0v) is 16.2. The molecule has 156 valence electrons. The average Bonchev–Trinajstić information content (AvgIpc) is 3.15. The van der Waals surface area contributed by atoms with E-state index in [1.165, 1.54) is 6.07 Å². The number of aromatic nitrogens is 2. The molecular weight excluding hydrogens is 397 g/mol. The van der Waals surface area contributed by atoms with Gasteiger partial charge in [-0.05, 0) is 25.1 Å². The molecule has 1 saturated heterocycles. The van der Waals surface area contributed by atoms with Crippen LogP contribution in [-0.2, 0) is 6.18 Å². The van der Waals surface area contributed by atoms with Crippen molar-refractivity contribution in [3.05, 3.63) is 65.7 Å². The molecule has 1 fully saturated rings. The van der Waals surface area contributed by atoms with Gasteiger partial charge in [-0.25, -0.2) is 9.97 Å². The van der Waals surface area contributed by atoms with Gasteiger partial charge in [0.1, 0.15) is 25.0 Å². The van der Waals surface area contributed by atoms with Crippen LogP contribution < -0.4 is 9.88 Å². The average molecular weight is 417 g/mol. The van der Waals surface area contributed by atoms with Gasteiger partial charge in [0.2, 0.25) is 5.89 Å². The second-order valence-corrected chi connectivity index (χ2v) is 7.03. The molecule has 1 aromatic carbocycles. The van der Waals surface area contributed by atoms with Gasteiger partial charge in [0, 0.05) is 11.6 Å². The van der Waals surface area contributed by atoms with E-state index < -0.39 is 11.7 Å². The van der Waals surface area contributed by atoms with Gasteiger partial charge in [0.05, 0.1) is 18.7 Å². The van der Waals surface area contributed by atoms with E-state index in [9.17, 15) is 18.0 Å². The van der Waals surface area contributed by atoms with E-state index >= 15 is 0 Å². The Morgan fingerprint density at radius 2 is 1.77 bits per heavy atom. The lowest BCUT2D eigenvalue weighted by atomic mass is 10.2. The number of rotatable bonds is 3. The van der Waals surface area contributed by atoms with Gasteiger partial charge in [-0.3, -0.25) is 9.69 Å². The molecule has 1 amide bonds. The van der Waals surface area contributed by atoms with Crippen LogP contribution in [-0.4, -0.2) is 42.0 Å². The third kappa shape index (κ3) is 4.00. The van der Waals surface area contributed by atoms with Gasteiger partial charge >= 0.3 is 6.18 Å². The number of benzene rings is 1. The number of pyridine rings is 1. The van der Waals surface area contributed by atoms with Crippen molar-refractivity contribution >= 4 is 11.7 Å². The number of carbonyl (C=O) groups is 1. The molecule has 3 heterocycles. The number of piperazine rings is 1. The number of anilines is 1. The van der Waals surface area contributed by atoms with Crippen LogP contribution in [0.5, 0.6) is 0 Å². The number of nitrogens with zero attached hydrogens (tertiary/aromatic N) is 3. The number of oxazole rings is 1. The topological polar surface area (TPSA) is 63.7 Å². The minimum absolute atomic E-state index is 0.213. The second-order valence-electron chi connectivity index (χ2n) is 7.03. The Bertz CT molecular complexity index is 1020. The van der Waals surface area contributed by atoms with Gasteiger partial charge in [0.25, 0.3) is 11.7 Å². The Balaban J connectivity index is 1.42. The molecule has 0 bridgehead atoms. The summed E-state index contributed by atoms with van der Waals surface area (Å²) in [5, 5.41) is 0. The largest absolute Gasteiger partial charge is 0.441 e. The summed E-state index contributed by atoms with van der Waals surface area (Å²) in [5.41, 5.74) is 0.349. The van der Waals surface area contributed by atoms with E-state index in [0.717, 1.165) is 17.8 Å². The van der Waals surface area contributed by atoms with Gasteiger partial charge in [-0.2, -0.15) is 13.2 Å². The van der Waals surface area contributed by atoms with E-state index in [1.807, 2.05) is 35.2 Å². The number of hydrogen-bond acceptors (Lipinski definition) is 4. The van der Waals surface area contributed by atoms with Crippen molar-refractivity contribution in [3.8, 4) is 11.5 Å². The Morgan fingerprint density at radius 3 is 2.37 bits per heavy atom. The Labute approximate surface area is 171 Å². The van der Waals surface area contributed by atoms with Crippen molar-refractivity contribution in [1.82, 2.24) is 9.88 Å². The highest BCUT2D eigenvalue weighted by molar-refractivity contribution is 5.94. The molecule has 4 rings (SSSR count). The molecule has 2 aromatic heterocycles. The number of hydrogen-bond donors (Lipinski definition) is 0. The van der Waals surface area contributed by atoms with Crippen LogP contribution in [0.4, 0.5) is 19.0 Å². The number of carbonyl (C=O) groups excluding carboxylic acids is 1. The predicted octanol–water partition coefficient (Wildman–Crippen LogP) is 3.45. The molecule has 6 nitrogen and oxygen atoms in total. The lowest BCUT2D eigenvalue weighted by Gasteiger charge is -2.30. The van der Waals surface area contributed by atoms with Gasteiger partial charge in [-0.15, -0.1) is 0 Å². The van der Waals surface area contributed by atoms with Crippen LogP contribution in [0.1, 0.15) is 21.8 Å². The van der Waals surface area contributed by atoms with Gasteiger partial charge < -0.3 is 9.32 Å². The first-order valence-electron chi connectivity index (χ1n) is 9.49. The molecule has 30 heavy (non-hydrogen) atoms. The summed E-state index contributed by atoms with van der Waals surface area (Å²) in [5.74, 6) is 1.22. The van der Waals surface area contributed by atoms with E-state index in [4.69, 9.17) is 4.42 Å². The maximum absolute atomic E-state index is 12.9. The monoisotopic (exact) mass is 417 g/mol. The maximum Gasteiger partial charge on any atom is 0.419 e.